The quantitative estimate of drug-likeness (QED) is 0.810. The zero-order valence-corrected chi connectivity index (χ0v) is 17.2. The van der Waals surface area contributed by atoms with E-state index in [1.54, 1.807) is 0 Å². The molecule has 0 aliphatic carbocycles. The topological polar surface area (TPSA) is 56.7 Å². The van der Waals surface area contributed by atoms with Crippen molar-refractivity contribution in [3.63, 3.8) is 0 Å². The van der Waals surface area contributed by atoms with Crippen molar-refractivity contribution in [2.45, 2.75) is 64.8 Å². The molecule has 0 amide bonds. The maximum atomic E-state index is 6.31. The maximum Gasteiger partial charge on any atom is 0.166 e. The Kier molecular flexibility index (Phi) is 5.04. The Morgan fingerprint density at radius 3 is 2.48 bits per heavy atom. The Morgan fingerprint density at radius 2 is 1.78 bits per heavy atom. The minimum absolute atomic E-state index is 0.114. The third kappa shape index (κ3) is 4.04. The molecular formula is C21H33N3O3. The van der Waals surface area contributed by atoms with E-state index in [1.165, 1.54) is 5.56 Å². The molecule has 2 fully saturated rings. The Hall–Kier alpha value is -1.08. The van der Waals surface area contributed by atoms with Crippen LogP contribution in [0.1, 0.15) is 57.1 Å². The summed E-state index contributed by atoms with van der Waals surface area (Å²) < 4.78 is 18.4. The first kappa shape index (κ1) is 19.2. The molecule has 27 heavy (non-hydrogen) atoms. The van der Waals surface area contributed by atoms with Crippen molar-refractivity contribution in [3.8, 4) is 0 Å². The number of hydrogen-bond acceptors (Lipinski definition) is 6. The van der Waals surface area contributed by atoms with Gasteiger partial charge < -0.3 is 19.1 Å². The lowest BCUT2D eigenvalue weighted by atomic mass is 9.83. The summed E-state index contributed by atoms with van der Waals surface area (Å²) in [6, 6.07) is 0. The smallest absolute Gasteiger partial charge is 0.166 e. The molecule has 3 aliphatic heterocycles. The second-order valence-electron chi connectivity index (χ2n) is 9.35. The third-order valence-corrected chi connectivity index (χ3v) is 6.25. The molecule has 2 saturated heterocycles. The highest BCUT2D eigenvalue weighted by atomic mass is 16.7. The first-order valence-corrected chi connectivity index (χ1v) is 10.3. The van der Waals surface area contributed by atoms with Crippen LogP contribution in [0.3, 0.4) is 0 Å². The lowest BCUT2D eigenvalue weighted by Crippen LogP contribution is -2.50. The fourth-order valence-electron chi connectivity index (χ4n) is 4.30. The maximum absolute atomic E-state index is 6.31. The number of aryl methyl sites for hydroxylation is 1. The van der Waals surface area contributed by atoms with Gasteiger partial charge in [0.05, 0.1) is 25.5 Å². The fraction of sp³-hybridized carbons (Fsp3) is 0.810. The van der Waals surface area contributed by atoms with Gasteiger partial charge in [0, 0.05) is 37.7 Å². The van der Waals surface area contributed by atoms with E-state index in [0.29, 0.717) is 0 Å². The molecule has 0 unspecified atom stereocenters. The minimum Gasteiger partial charge on any atom is -0.368 e. The van der Waals surface area contributed by atoms with Crippen LogP contribution >= 0.6 is 0 Å². The van der Waals surface area contributed by atoms with Crippen molar-refractivity contribution in [1.29, 1.82) is 0 Å². The normalized spacial score (nSPS) is 26.7. The second-order valence-corrected chi connectivity index (χ2v) is 9.35. The van der Waals surface area contributed by atoms with Crippen molar-refractivity contribution < 1.29 is 14.2 Å². The van der Waals surface area contributed by atoms with Gasteiger partial charge in [-0.2, -0.15) is 0 Å². The summed E-state index contributed by atoms with van der Waals surface area (Å²) in [5.74, 6) is 0.381. The van der Waals surface area contributed by atoms with Gasteiger partial charge in [-0.3, -0.25) is 0 Å². The van der Waals surface area contributed by atoms with Gasteiger partial charge >= 0.3 is 0 Å². The van der Waals surface area contributed by atoms with Gasteiger partial charge in [0.25, 0.3) is 0 Å². The predicted molar refractivity (Wildman–Crippen MR) is 102 cm³/mol. The Balaban J connectivity index is 1.34. The monoisotopic (exact) mass is 375 g/mol. The van der Waals surface area contributed by atoms with E-state index in [1.807, 2.05) is 13.1 Å². The molecule has 4 rings (SSSR count). The Labute approximate surface area is 162 Å². The van der Waals surface area contributed by atoms with E-state index in [-0.39, 0.29) is 11.0 Å². The zero-order valence-electron chi connectivity index (χ0n) is 17.2. The van der Waals surface area contributed by atoms with E-state index in [9.17, 15) is 0 Å². The molecule has 150 valence electrons. The first-order valence-electron chi connectivity index (χ1n) is 10.3. The van der Waals surface area contributed by atoms with Crippen molar-refractivity contribution in [2.75, 3.05) is 39.5 Å². The van der Waals surface area contributed by atoms with Gasteiger partial charge in [-0.1, -0.05) is 13.8 Å². The molecule has 6 heteroatoms. The molecule has 0 saturated carbocycles. The SMILES string of the molecule is Cc1ncc2c(n1)C1(CCN(CCC3(C)OCC(C)(C)CO3)CC1)OCC2. The lowest BCUT2D eigenvalue weighted by molar-refractivity contribution is -0.292. The Morgan fingerprint density at radius 1 is 1.07 bits per heavy atom. The highest BCUT2D eigenvalue weighted by Crippen LogP contribution is 2.40. The number of likely N-dealkylation sites (tertiary alicyclic amines) is 1. The van der Waals surface area contributed by atoms with Crippen LogP contribution < -0.4 is 0 Å². The summed E-state index contributed by atoms with van der Waals surface area (Å²) >= 11 is 0. The minimum atomic E-state index is -0.455. The van der Waals surface area contributed by atoms with Crippen LogP contribution in [-0.4, -0.2) is 60.1 Å². The van der Waals surface area contributed by atoms with E-state index < -0.39 is 5.79 Å². The second kappa shape index (κ2) is 7.07. The van der Waals surface area contributed by atoms with Crippen LogP contribution in [0.25, 0.3) is 0 Å². The average molecular weight is 376 g/mol. The molecule has 0 N–H and O–H groups in total. The highest BCUT2D eigenvalue weighted by Gasteiger charge is 2.43. The molecule has 0 bridgehead atoms. The summed E-state index contributed by atoms with van der Waals surface area (Å²) in [7, 11) is 0. The van der Waals surface area contributed by atoms with E-state index >= 15 is 0 Å². The molecule has 0 aromatic carbocycles. The van der Waals surface area contributed by atoms with E-state index in [0.717, 1.165) is 76.7 Å². The van der Waals surface area contributed by atoms with Crippen molar-refractivity contribution >= 4 is 0 Å². The predicted octanol–water partition coefficient (Wildman–Crippen LogP) is 2.83. The van der Waals surface area contributed by atoms with Gasteiger partial charge in [-0.25, -0.2) is 9.97 Å². The van der Waals surface area contributed by atoms with Crippen molar-refractivity contribution in [3.05, 3.63) is 23.3 Å². The molecule has 3 aliphatic rings. The van der Waals surface area contributed by atoms with Gasteiger partial charge in [-0.05, 0) is 38.7 Å². The molecule has 1 aromatic rings. The van der Waals surface area contributed by atoms with Crippen LogP contribution in [0.15, 0.2) is 6.20 Å². The standard InChI is InChI=1S/C21H33N3O3/c1-16-22-13-17-5-12-25-21(18(17)23-16)7-10-24(11-8-21)9-6-20(4)26-14-19(2,3)15-27-20/h13H,5-12,14-15H2,1-4H3. The molecule has 4 heterocycles. The number of fused-ring (bicyclic) bond motifs is 2. The highest BCUT2D eigenvalue weighted by molar-refractivity contribution is 5.27. The van der Waals surface area contributed by atoms with E-state index in [2.05, 4.69) is 30.7 Å². The molecule has 1 spiro atoms. The summed E-state index contributed by atoms with van der Waals surface area (Å²) in [6.45, 7) is 13.7. The fourth-order valence-corrected chi connectivity index (χ4v) is 4.30. The molecule has 0 atom stereocenters. The number of nitrogens with zero attached hydrogens (tertiary/aromatic N) is 3. The van der Waals surface area contributed by atoms with Gasteiger partial charge in [0.15, 0.2) is 5.79 Å². The van der Waals surface area contributed by atoms with Gasteiger partial charge in [-0.15, -0.1) is 0 Å². The largest absolute Gasteiger partial charge is 0.368 e. The van der Waals surface area contributed by atoms with Crippen molar-refractivity contribution in [2.24, 2.45) is 5.41 Å². The van der Waals surface area contributed by atoms with Crippen molar-refractivity contribution in [1.82, 2.24) is 14.9 Å². The number of ether oxygens (including phenoxy) is 3. The lowest BCUT2D eigenvalue weighted by Gasteiger charge is -2.45. The van der Waals surface area contributed by atoms with Crippen LogP contribution in [0.4, 0.5) is 0 Å². The number of rotatable bonds is 3. The van der Waals surface area contributed by atoms with Crippen LogP contribution in [0, 0.1) is 12.3 Å². The number of aromatic nitrogens is 2. The van der Waals surface area contributed by atoms with Gasteiger partial charge in [0.1, 0.15) is 11.4 Å². The summed E-state index contributed by atoms with van der Waals surface area (Å²) in [4.78, 5) is 11.7. The molecular weight excluding hydrogens is 342 g/mol. The molecule has 0 radical (unpaired) electrons. The number of piperidine rings is 1. The third-order valence-electron chi connectivity index (χ3n) is 6.25. The zero-order chi connectivity index (χ0) is 19.1. The summed E-state index contributed by atoms with van der Waals surface area (Å²) in [5.41, 5.74) is 2.29. The van der Waals surface area contributed by atoms with Crippen LogP contribution in [0.5, 0.6) is 0 Å². The summed E-state index contributed by atoms with van der Waals surface area (Å²) in [5, 5.41) is 0. The first-order chi connectivity index (χ1) is 12.8. The van der Waals surface area contributed by atoms with Crippen LogP contribution in [-0.2, 0) is 26.2 Å². The molecule has 1 aromatic heterocycles. The van der Waals surface area contributed by atoms with Gasteiger partial charge in [0.2, 0.25) is 0 Å². The number of hydrogen-bond donors (Lipinski definition) is 0. The average Bonchev–Trinajstić information content (AvgIpc) is 2.65. The molecule has 6 nitrogen and oxygen atoms in total. The Bertz CT molecular complexity index is 673. The van der Waals surface area contributed by atoms with E-state index in [4.69, 9.17) is 19.2 Å². The van der Waals surface area contributed by atoms with Crippen LogP contribution in [0.2, 0.25) is 0 Å². The summed E-state index contributed by atoms with van der Waals surface area (Å²) in [6.07, 6.45) is 5.79.